The van der Waals surface area contributed by atoms with Crippen molar-refractivity contribution in [2.75, 3.05) is 5.32 Å². The first-order chi connectivity index (χ1) is 14.0. The van der Waals surface area contributed by atoms with Crippen molar-refractivity contribution >= 4 is 33.9 Å². The molecular weight excluding hydrogens is 402 g/mol. The van der Waals surface area contributed by atoms with Gasteiger partial charge in [-0.1, -0.05) is 52.9 Å². The van der Waals surface area contributed by atoms with Crippen LogP contribution in [0.5, 0.6) is 0 Å². The lowest BCUT2D eigenvalue weighted by atomic mass is 10.1. The molecule has 0 fully saturated rings. The highest BCUT2D eigenvalue weighted by Crippen LogP contribution is 2.38. The van der Waals surface area contributed by atoms with Gasteiger partial charge in [-0.15, -0.1) is 20.4 Å². The van der Waals surface area contributed by atoms with Gasteiger partial charge in [0.15, 0.2) is 4.34 Å². The van der Waals surface area contributed by atoms with E-state index in [0.717, 1.165) is 20.7 Å². The summed E-state index contributed by atoms with van der Waals surface area (Å²) < 4.78 is 6.72. The minimum Gasteiger partial charge on any atom is -0.419 e. The van der Waals surface area contributed by atoms with E-state index in [4.69, 9.17) is 4.42 Å². The molecule has 0 saturated heterocycles. The van der Waals surface area contributed by atoms with E-state index < -0.39 is 0 Å². The number of hydrogen-bond acceptors (Lipinski definition) is 8. The van der Waals surface area contributed by atoms with Gasteiger partial charge in [-0.25, -0.2) is 0 Å². The topological polar surface area (TPSA) is 76.7 Å². The van der Waals surface area contributed by atoms with E-state index >= 15 is 0 Å². The van der Waals surface area contributed by atoms with Crippen molar-refractivity contribution < 1.29 is 4.42 Å². The molecule has 29 heavy (non-hydrogen) atoms. The molecule has 8 heteroatoms. The molecule has 0 spiro atoms. The fraction of sp³-hybridized carbons (Fsp3) is 0.238. The zero-order chi connectivity index (χ0) is 20.4. The van der Waals surface area contributed by atoms with Gasteiger partial charge in [-0.05, 0) is 57.0 Å². The maximum Gasteiger partial charge on any atom is 0.247 e. The SMILES string of the molecule is Cc1ccc(-c2nnc(C(C)Sc3nnc(Nc4cccc(C)c4C)s3)o2)cc1. The Morgan fingerprint density at radius 1 is 0.966 bits per heavy atom. The van der Waals surface area contributed by atoms with Crippen LogP contribution in [0, 0.1) is 20.8 Å². The molecule has 148 valence electrons. The zero-order valence-corrected chi connectivity index (χ0v) is 18.3. The van der Waals surface area contributed by atoms with Crippen LogP contribution in [0.1, 0.15) is 34.8 Å². The highest BCUT2D eigenvalue weighted by molar-refractivity contribution is 8.01. The minimum atomic E-state index is -0.0248. The predicted molar refractivity (Wildman–Crippen MR) is 118 cm³/mol. The van der Waals surface area contributed by atoms with E-state index in [1.807, 2.05) is 50.2 Å². The van der Waals surface area contributed by atoms with Gasteiger partial charge < -0.3 is 9.73 Å². The third kappa shape index (κ3) is 4.49. The fourth-order valence-electron chi connectivity index (χ4n) is 2.72. The quantitative estimate of drug-likeness (QED) is 0.375. The summed E-state index contributed by atoms with van der Waals surface area (Å²) in [5.41, 5.74) is 5.61. The van der Waals surface area contributed by atoms with Crippen LogP contribution in [-0.2, 0) is 0 Å². The predicted octanol–water partition coefficient (Wildman–Crippen LogP) is 6.11. The molecule has 0 aliphatic rings. The number of thioether (sulfide) groups is 1. The van der Waals surface area contributed by atoms with Gasteiger partial charge in [0.1, 0.15) is 0 Å². The molecule has 4 rings (SSSR count). The van der Waals surface area contributed by atoms with E-state index in [1.54, 1.807) is 11.8 Å². The number of hydrogen-bond donors (Lipinski definition) is 1. The maximum atomic E-state index is 5.87. The van der Waals surface area contributed by atoms with Crippen LogP contribution in [-0.4, -0.2) is 20.4 Å². The summed E-state index contributed by atoms with van der Waals surface area (Å²) >= 11 is 3.06. The molecule has 0 amide bonds. The average Bonchev–Trinajstić information content (AvgIpc) is 3.36. The van der Waals surface area contributed by atoms with E-state index in [1.165, 1.54) is 28.0 Å². The summed E-state index contributed by atoms with van der Waals surface area (Å²) in [4.78, 5) is 0. The minimum absolute atomic E-state index is 0.0248. The van der Waals surface area contributed by atoms with Crippen molar-refractivity contribution in [2.45, 2.75) is 37.3 Å². The van der Waals surface area contributed by atoms with Gasteiger partial charge in [0, 0.05) is 11.3 Å². The summed E-state index contributed by atoms with van der Waals surface area (Å²) in [6, 6.07) is 14.2. The molecule has 1 atom stereocenters. The molecule has 0 aliphatic carbocycles. The Morgan fingerprint density at radius 3 is 2.55 bits per heavy atom. The Morgan fingerprint density at radius 2 is 1.76 bits per heavy atom. The molecule has 1 unspecified atom stereocenters. The molecule has 0 radical (unpaired) electrons. The van der Waals surface area contributed by atoms with Gasteiger partial charge in [0.05, 0.1) is 5.25 Å². The number of nitrogens with one attached hydrogen (secondary N) is 1. The molecule has 2 heterocycles. The number of aryl methyl sites for hydroxylation is 2. The van der Waals surface area contributed by atoms with Crippen molar-refractivity contribution in [3.05, 3.63) is 65.0 Å². The third-order valence-electron chi connectivity index (χ3n) is 4.62. The molecule has 2 aromatic carbocycles. The van der Waals surface area contributed by atoms with E-state index in [0.29, 0.717) is 11.8 Å². The zero-order valence-electron chi connectivity index (χ0n) is 16.6. The van der Waals surface area contributed by atoms with Crippen LogP contribution >= 0.6 is 23.1 Å². The lowest BCUT2D eigenvalue weighted by Crippen LogP contribution is -1.94. The number of nitrogens with zero attached hydrogens (tertiary/aromatic N) is 4. The fourth-order valence-corrected chi connectivity index (χ4v) is 4.66. The average molecular weight is 424 g/mol. The summed E-state index contributed by atoms with van der Waals surface area (Å²) in [6.07, 6.45) is 0. The van der Waals surface area contributed by atoms with Crippen LogP contribution in [0.4, 0.5) is 10.8 Å². The maximum absolute atomic E-state index is 5.87. The molecular formula is C21H21N5OS2. The molecule has 4 aromatic rings. The van der Waals surface area contributed by atoms with Gasteiger partial charge in [0.25, 0.3) is 0 Å². The Bertz CT molecular complexity index is 1120. The highest BCUT2D eigenvalue weighted by Gasteiger charge is 2.18. The highest BCUT2D eigenvalue weighted by atomic mass is 32.2. The second-order valence-corrected chi connectivity index (χ2v) is 9.38. The first-order valence-corrected chi connectivity index (χ1v) is 10.9. The second-order valence-electron chi connectivity index (χ2n) is 6.82. The van der Waals surface area contributed by atoms with Gasteiger partial charge in [0.2, 0.25) is 16.9 Å². The largest absolute Gasteiger partial charge is 0.419 e. The van der Waals surface area contributed by atoms with E-state index in [9.17, 15) is 0 Å². The second kappa shape index (κ2) is 8.34. The monoisotopic (exact) mass is 423 g/mol. The van der Waals surface area contributed by atoms with Crippen LogP contribution in [0.15, 0.2) is 51.2 Å². The number of anilines is 2. The first kappa shape index (κ1) is 19.6. The van der Waals surface area contributed by atoms with Crippen LogP contribution < -0.4 is 5.32 Å². The molecule has 0 saturated carbocycles. The number of aromatic nitrogens is 4. The van der Waals surface area contributed by atoms with Crippen LogP contribution in [0.25, 0.3) is 11.5 Å². The summed E-state index contributed by atoms with van der Waals surface area (Å²) in [5, 5.41) is 21.0. The van der Waals surface area contributed by atoms with Crippen molar-refractivity contribution in [1.82, 2.24) is 20.4 Å². The van der Waals surface area contributed by atoms with Gasteiger partial charge >= 0.3 is 0 Å². The Kier molecular flexibility index (Phi) is 5.64. The lowest BCUT2D eigenvalue weighted by molar-refractivity contribution is 0.509. The van der Waals surface area contributed by atoms with Crippen molar-refractivity contribution in [1.29, 1.82) is 0 Å². The summed E-state index contributed by atoms with van der Waals surface area (Å²) in [5.74, 6) is 1.10. The molecule has 1 N–H and O–H groups in total. The Labute approximate surface area is 177 Å². The Balaban J connectivity index is 1.43. The van der Waals surface area contributed by atoms with Crippen molar-refractivity contribution in [3.63, 3.8) is 0 Å². The first-order valence-electron chi connectivity index (χ1n) is 9.23. The third-order valence-corrected chi connectivity index (χ3v) is 6.63. The summed E-state index contributed by atoms with van der Waals surface area (Å²) in [6.45, 7) is 8.26. The molecule has 6 nitrogen and oxygen atoms in total. The number of benzene rings is 2. The summed E-state index contributed by atoms with van der Waals surface area (Å²) in [7, 11) is 0. The number of rotatable bonds is 6. The van der Waals surface area contributed by atoms with Crippen molar-refractivity contribution in [3.8, 4) is 11.5 Å². The smallest absolute Gasteiger partial charge is 0.247 e. The van der Waals surface area contributed by atoms with Gasteiger partial charge in [-0.2, -0.15) is 0 Å². The van der Waals surface area contributed by atoms with Crippen molar-refractivity contribution in [2.24, 2.45) is 0 Å². The van der Waals surface area contributed by atoms with Crippen LogP contribution in [0.2, 0.25) is 0 Å². The van der Waals surface area contributed by atoms with E-state index in [2.05, 4.69) is 45.6 Å². The Hall–Kier alpha value is -2.71. The van der Waals surface area contributed by atoms with Crippen LogP contribution in [0.3, 0.4) is 0 Å². The molecule has 0 bridgehead atoms. The molecule has 0 aliphatic heterocycles. The standard InChI is InChI=1S/C21H21N5OS2/c1-12-8-10-16(11-9-12)19-24-23-18(27-19)15(4)28-21-26-25-20(29-21)22-17-7-5-6-13(2)14(17)3/h5-11,15H,1-4H3,(H,22,25). The van der Waals surface area contributed by atoms with E-state index in [-0.39, 0.29) is 5.25 Å². The van der Waals surface area contributed by atoms with Gasteiger partial charge in [-0.3, -0.25) is 0 Å². The molecule has 2 aromatic heterocycles. The lowest BCUT2D eigenvalue weighted by Gasteiger charge is -2.08. The normalized spacial score (nSPS) is 12.1.